The Morgan fingerprint density at radius 1 is 1.04 bits per heavy atom. The Morgan fingerprint density at radius 2 is 1.77 bits per heavy atom. The lowest BCUT2D eigenvalue weighted by Gasteiger charge is -2.14. The van der Waals surface area contributed by atoms with E-state index in [0.29, 0.717) is 31.3 Å². The van der Waals surface area contributed by atoms with Gasteiger partial charge in [0.2, 0.25) is 5.91 Å². The first-order valence-electron chi connectivity index (χ1n) is 8.91. The molecule has 0 aromatic heterocycles. The van der Waals surface area contributed by atoms with Crippen LogP contribution >= 0.6 is 0 Å². The number of amides is 1. The number of hydrogen-bond acceptors (Lipinski definition) is 4. The van der Waals surface area contributed by atoms with Crippen LogP contribution in [-0.2, 0) is 9.53 Å². The van der Waals surface area contributed by atoms with E-state index in [4.69, 9.17) is 9.47 Å². The first kappa shape index (κ1) is 19.8. The molecule has 0 radical (unpaired) electrons. The van der Waals surface area contributed by atoms with Crippen molar-refractivity contribution in [3.8, 4) is 5.75 Å². The Hall–Kier alpha value is -2.53. The molecule has 5 heteroatoms. The van der Waals surface area contributed by atoms with E-state index in [1.54, 1.807) is 0 Å². The lowest BCUT2D eigenvalue weighted by atomic mass is 10.1. The van der Waals surface area contributed by atoms with Crippen molar-refractivity contribution in [2.45, 2.75) is 27.7 Å². The summed E-state index contributed by atoms with van der Waals surface area (Å²) in [5.41, 5.74) is 5.22. The molecular formula is C21H28N2O3. The van der Waals surface area contributed by atoms with Gasteiger partial charge in [-0.15, -0.1) is 0 Å². The van der Waals surface area contributed by atoms with Crippen LogP contribution in [0.4, 0.5) is 11.4 Å². The van der Waals surface area contributed by atoms with Crippen LogP contribution in [0.5, 0.6) is 5.75 Å². The average Bonchev–Trinajstić information content (AvgIpc) is 2.58. The number of rotatable bonds is 9. The summed E-state index contributed by atoms with van der Waals surface area (Å²) in [7, 11) is 0. The minimum atomic E-state index is -0.101. The van der Waals surface area contributed by atoms with E-state index in [9.17, 15) is 4.79 Å². The van der Waals surface area contributed by atoms with Crippen molar-refractivity contribution in [2.75, 3.05) is 37.0 Å². The average molecular weight is 356 g/mol. The quantitative estimate of drug-likeness (QED) is 0.665. The first-order chi connectivity index (χ1) is 12.5. The molecule has 0 heterocycles. The van der Waals surface area contributed by atoms with Gasteiger partial charge in [0.05, 0.1) is 13.2 Å². The number of nitrogens with one attached hydrogen (secondary N) is 2. The van der Waals surface area contributed by atoms with Gasteiger partial charge in [-0.05, 0) is 51.0 Å². The summed E-state index contributed by atoms with van der Waals surface area (Å²) in [4.78, 5) is 12.3. The van der Waals surface area contributed by atoms with Crippen LogP contribution in [0.2, 0.25) is 0 Å². The van der Waals surface area contributed by atoms with Crippen molar-refractivity contribution in [2.24, 2.45) is 0 Å². The predicted molar refractivity (Wildman–Crippen MR) is 106 cm³/mol. The molecule has 0 unspecified atom stereocenters. The number of carbonyl (C=O) groups excluding carboxylic acids is 1. The molecule has 0 bridgehead atoms. The zero-order valence-electron chi connectivity index (χ0n) is 16.0. The van der Waals surface area contributed by atoms with Gasteiger partial charge in [0.15, 0.2) is 0 Å². The number of hydrogen-bond donors (Lipinski definition) is 2. The summed E-state index contributed by atoms with van der Waals surface area (Å²) in [6.07, 6.45) is 0. The molecule has 2 aromatic rings. The van der Waals surface area contributed by atoms with E-state index in [1.165, 1.54) is 5.56 Å². The van der Waals surface area contributed by atoms with Gasteiger partial charge >= 0.3 is 0 Å². The van der Waals surface area contributed by atoms with Crippen molar-refractivity contribution in [3.05, 3.63) is 53.1 Å². The minimum Gasteiger partial charge on any atom is -0.491 e. The van der Waals surface area contributed by atoms with Crippen molar-refractivity contribution in [3.63, 3.8) is 0 Å². The molecule has 0 aliphatic carbocycles. The molecule has 0 spiro atoms. The van der Waals surface area contributed by atoms with Crippen LogP contribution in [0.3, 0.4) is 0 Å². The van der Waals surface area contributed by atoms with E-state index in [2.05, 4.69) is 29.7 Å². The highest BCUT2D eigenvalue weighted by Crippen LogP contribution is 2.22. The van der Waals surface area contributed by atoms with Crippen molar-refractivity contribution in [1.82, 2.24) is 0 Å². The lowest BCUT2D eigenvalue weighted by Crippen LogP contribution is -2.22. The molecule has 0 saturated heterocycles. The van der Waals surface area contributed by atoms with Crippen molar-refractivity contribution in [1.29, 1.82) is 0 Å². The molecule has 0 atom stereocenters. The number of ether oxygens (including phenoxy) is 2. The van der Waals surface area contributed by atoms with Crippen LogP contribution in [0.1, 0.15) is 23.6 Å². The normalized spacial score (nSPS) is 10.5. The molecular weight excluding hydrogens is 328 g/mol. The van der Waals surface area contributed by atoms with Gasteiger partial charge in [-0.2, -0.15) is 0 Å². The van der Waals surface area contributed by atoms with Gasteiger partial charge < -0.3 is 20.1 Å². The monoisotopic (exact) mass is 356 g/mol. The van der Waals surface area contributed by atoms with Gasteiger partial charge in [0, 0.05) is 24.0 Å². The van der Waals surface area contributed by atoms with E-state index in [-0.39, 0.29) is 12.5 Å². The Balaban J connectivity index is 1.88. The molecule has 0 aliphatic rings. The maximum atomic E-state index is 12.3. The molecule has 0 fully saturated rings. The SMILES string of the molecule is CCOCCOc1cccc(NC(=O)CNc2c(C)cc(C)cc2C)c1. The maximum Gasteiger partial charge on any atom is 0.243 e. The molecule has 5 nitrogen and oxygen atoms in total. The smallest absolute Gasteiger partial charge is 0.243 e. The van der Waals surface area contributed by atoms with E-state index in [1.807, 2.05) is 45.0 Å². The molecule has 1 amide bonds. The van der Waals surface area contributed by atoms with Crippen LogP contribution in [0.15, 0.2) is 36.4 Å². The fourth-order valence-electron chi connectivity index (χ4n) is 2.86. The fourth-order valence-corrected chi connectivity index (χ4v) is 2.86. The third kappa shape index (κ3) is 6.08. The third-order valence-corrected chi connectivity index (χ3v) is 3.92. The lowest BCUT2D eigenvalue weighted by molar-refractivity contribution is -0.114. The number of anilines is 2. The van der Waals surface area contributed by atoms with E-state index < -0.39 is 0 Å². The Labute approximate surface area is 155 Å². The molecule has 140 valence electrons. The van der Waals surface area contributed by atoms with Crippen molar-refractivity contribution >= 4 is 17.3 Å². The first-order valence-corrected chi connectivity index (χ1v) is 8.91. The minimum absolute atomic E-state index is 0.101. The van der Waals surface area contributed by atoms with Gasteiger partial charge in [0.25, 0.3) is 0 Å². The number of carbonyl (C=O) groups is 1. The molecule has 2 N–H and O–H groups in total. The third-order valence-electron chi connectivity index (χ3n) is 3.92. The summed E-state index contributed by atoms with van der Waals surface area (Å²) in [6, 6.07) is 11.6. The summed E-state index contributed by atoms with van der Waals surface area (Å²) < 4.78 is 10.9. The molecule has 2 aromatic carbocycles. The van der Waals surface area contributed by atoms with Crippen LogP contribution in [-0.4, -0.2) is 32.3 Å². The fraction of sp³-hybridized carbons (Fsp3) is 0.381. The largest absolute Gasteiger partial charge is 0.491 e. The van der Waals surface area contributed by atoms with Gasteiger partial charge in [-0.3, -0.25) is 4.79 Å². The second-order valence-electron chi connectivity index (χ2n) is 6.25. The highest BCUT2D eigenvalue weighted by atomic mass is 16.5. The van der Waals surface area contributed by atoms with Gasteiger partial charge in [-0.1, -0.05) is 23.8 Å². The van der Waals surface area contributed by atoms with E-state index >= 15 is 0 Å². The van der Waals surface area contributed by atoms with Crippen LogP contribution < -0.4 is 15.4 Å². The highest BCUT2D eigenvalue weighted by molar-refractivity contribution is 5.94. The summed E-state index contributed by atoms with van der Waals surface area (Å²) in [5, 5.41) is 6.12. The summed E-state index contributed by atoms with van der Waals surface area (Å²) >= 11 is 0. The van der Waals surface area contributed by atoms with Crippen molar-refractivity contribution < 1.29 is 14.3 Å². The highest BCUT2D eigenvalue weighted by Gasteiger charge is 2.07. The molecule has 0 aliphatic heterocycles. The number of benzene rings is 2. The topological polar surface area (TPSA) is 59.6 Å². The van der Waals surface area contributed by atoms with Crippen LogP contribution in [0.25, 0.3) is 0 Å². The Bertz CT molecular complexity index is 721. The molecule has 26 heavy (non-hydrogen) atoms. The van der Waals surface area contributed by atoms with Crippen LogP contribution in [0, 0.1) is 20.8 Å². The second kappa shape index (κ2) is 9.82. The second-order valence-corrected chi connectivity index (χ2v) is 6.25. The maximum absolute atomic E-state index is 12.3. The van der Waals surface area contributed by atoms with E-state index in [0.717, 1.165) is 16.8 Å². The predicted octanol–water partition coefficient (Wildman–Crippen LogP) is 4.08. The van der Waals surface area contributed by atoms with Gasteiger partial charge in [-0.25, -0.2) is 0 Å². The Kier molecular flexibility index (Phi) is 7.48. The molecule has 0 saturated carbocycles. The zero-order valence-corrected chi connectivity index (χ0v) is 16.0. The Morgan fingerprint density at radius 3 is 2.46 bits per heavy atom. The van der Waals surface area contributed by atoms with Gasteiger partial charge in [0.1, 0.15) is 12.4 Å². The molecule has 2 rings (SSSR count). The standard InChI is InChI=1S/C21H28N2O3/c1-5-25-9-10-26-19-8-6-7-18(13-19)23-20(24)14-22-21-16(3)11-15(2)12-17(21)4/h6-8,11-13,22H,5,9-10,14H2,1-4H3,(H,23,24). The zero-order chi connectivity index (χ0) is 18.9. The summed E-state index contributed by atoms with van der Waals surface area (Å²) in [5.74, 6) is 0.608. The summed E-state index contributed by atoms with van der Waals surface area (Å²) in [6.45, 7) is 10.0. The number of aryl methyl sites for hydroxylation is 3.